The number of hydrogen-bond donors (Lipinski definition) is 1. The lowest BCUT2D eigenvalue weighted by Gasteiger charge is -2.35. The molecule has 3 atom stereocenters. The summed E-state index contributed by atoms with van der Waals surface area (Å²) >= 11 is 0. The number of amides is 3. The minimum atomic E-state index is -1.06. The van der Waals surface area contributed by atoms with E-state index in [0.29, 0.717) is 36.7 Å². The first-order valence-corrected chi connectivity index (χ1v) is 19.9. The van der Waals surface area contributed by atoms with Crippen LogP contribution in [0.1, 0.15) is 99.5 Å². The molecule has 4 heterocycles. The maximum atomic E-state index is 14.6. The van der Waals surface area contributed by atoms with Gasteiger partial charge in [-0.3, -0.25) is 13.8 Å². The average Bonchev–Trinajstić information content (AvgIpc) is 3.71. The Morgan fingerprint density at radius 3 is 2.37 bits per heavy atom. The average molecular weight is 713 g/mol. The van der Waals surface area contributed by atoms with Crippen LogP contribution in [0.25, 0.3) is 28.2 Å². The van der Waals surface area contributed by atoms with Crippen LogP contribution < -0.4 is 10.1 Å². The van der Waals surface area contributed by atoms with Gasteiger partial charge >= 0.3 is 6.09 Å². The molecule has 2 aliphatic carbocycles. The fraction of sp³-hybridized carbons (Fsp3) is 0.525. The van der Waals surface area contributed by atoms with Crippen molar-refractivity contribution < 1.29 is 28.1 Å². The second-order valence-electron chi connectivity index (χ2n) is 15.9. The quantitative estimate of drug-likeness (QED) is 0.297. The molecule has 1 aromatic heterocycles. The highest BCUT2D eigenvalue weighted by Crippen LogP contribution is 2.47. The Hall–Kier alpha value is -4.12. The summed E-state index contributed by atoms with van der Waals surface area (Å²) in [6.45, 7) is 6.86. The fourth-order valence-corrected chi connectivity index (χ4v) is 9.82. The third kappa shape index (κ3) is 6.47. The summed E-state index contributed by atoms with van der Waals surface area (Å²) in [5.74, 6) is 0.954. The van der Waals surface area contributed by atoms with Gasteiger partial charge in [-0.1, -0.05) is 25.3 Å². The molecular weight excluding hydrogens is 665 g/mol. The molecule has 3 aliphatic heterocycles. The predicted octanol–water partition coefficient (Wildman–Crippen LogP) is 6.58. The van der Waals surface area contributed by atoms with Crippen LogP contribution in [0.15, 0.2) is 42.0 Å². The molecule has 8 rings (SSSR count). The van der Waals surface area contributed by atoms with Crippen molar-refractivity contribution in [3.05, 3.63) is 58.7 Å². The zero-order valence-electron chi connectivity index (χ0n) is 30.0. The number of hydrogen-bond acceptors (Lipinski definition) is 6. The molecule has 270 valence electrons. The van der Waals surface area contributed by atoms with Crippen molar-refractivity contribution in [1.82, 2.24) is 19.7 Å². The second-order valence-corrected chi connectivity index (χ2v) is 17.6. The van der Waals surface area contributed by atoms with E-state index in [1.165, 1.54) is 24.8 Å². The number of nitrogens with zero attached hydrogens (tertiary/aromatic N) is 3. The Bertz CT molecular complexity index is 1970. The maximum absolute atomic E-state index is 14.6. The monoisotopic (exact) mass is 712 g/mol. The van der Waals surface area contributed by atoms with Crippen molar-refractivity contribution in [3.8, 4) is 17.0 Å². The molecule has 3 aromatic rings. The standard InChI is InChI=1S/C40H48N4O6S/c1-40(2,3)50-39(47)43-22-28-19-29(43)21-42(28)38(46)27-16-26-17-30(49-4)11-15-32(26)36-35(24-8-6-5-7-9-24)33-14-10-25(18-34(33)44(36)20-27)37(45)41-23-51(48)31-12-13-31/h10-11,14-18,24,28-29,31H,5-9,12-13,19-23H2,1-4H3,(H,41,45). The first kappa shape index (κ1) is 34.0. The number of rotatable bonds is 7. The Labute approximate surface area is 302 Å². The number of likely N-dealkylation sites (tertiary alicyclic amines) is 2. The van der Waals surface area contributed by atoms with Gasteiger partial charge in [-0.25, -0.2) is 4.79 Å². The number of nitrogens with one attached hydrogen (secondary N) is 1. The minimum absolute atomic E-state index is 0.0366. The van der Waals surface area contributed by atoms with Crippen LogP contribution in [-0.4, -0.2) is 85.5 Å². The summed E-state index contributed by atoms with van der Waals surface area (Å²) in [5.41, 5.74) is 5.85. The summed E-state index contributed by atoms with van der Waals surface area (Å²) in [5, 5.41) is 4.21. The lowest BCUT2D eigenvalue weighted by atomic mass is 9.81. The topological polar surface area (TPSA) is 110 Å². The van der Waals surface area contributed by atoms with Crippen LogP contribution >= 0.6 is 0 Å². The number of carbonyl (C=O) groups excluding carboxylic acids is 3. The van der Waals surface area contributed by atoms with Crippen LogP contribution in [-0.2, 0) is 26.9 Å². The number of fused-ring (bicyclic) bond motifs is 7. The van der Waals surface area contributed by atoms with Crippen molar-refractivity contribution in [3.63, 3.8) is 0 Å². The van der Waals surface area contributed by atoms with Crippen molar-refractivity contribution in [2.45, 2.75) is 108 Å². The second kappa shape index (κ2) is 13.1. The third-order valence-electron chi connectivity index (χ3n) is 11.2. The molecule has 2 saturated carbocycles. The molecular formula is C40H48N4O6S. The van der Waals surface area contributed by atoms with E-state index in [1.54, 1.807) is 12.0 Å². The summed E-state index contributed by atoms with van der Waals surface area (Å²) in [6.07, 6.45) is 10.1. The lowest BCUT2D eigenvalue weighted by molar-refractivity contribution is -0.129. The Morgan fingerprint density at radius 2 is 1.69 bits per heavy atom. The highest BCUT2D eigenvalue weighted by atomic mass is 32.2. The van der Waals surface area contributed by atoms with Gasteiger partial charge < -0.3 is 29.2 Å². The Balaban J connectivity index is 1.18. The van der Waals surface area contributed by atoms with Crippen LogP contribution in [0.3, 0.4) is 0 Å². The maximum Gasteiger partial charge on any atom is 0.410 e. The van der Waals surface area contributed by atoms with Crippen LogP contribution in [0.2, 0.25) is 0 Å². The molecule has 0 spiro atoms. The molecule has 2 bridgehead atoms. The number of aromatic nitrogens is 1. The number of methoxy groups -OCH3 is 1. The molecule has 11 heteroatoms. The summed E-state index contributed by atoms with van der Waals surface area (Å²) < 4.78 is 26.1. The normalized spacial score (nSPS) is 22.2. The first-order valence-electron chi connectivity index (χ1n) is 18.5. The number of benzene rings is 2. The fourth-order valence-electron chi connectivity index (χ4n) is 8.64. The first-order chi connectivity index (χ1) is 24.5. The molecule has 0 radical (unpaired) electrons. The van der Waals surface area contributed by atoms with Gasteiger partial charge in [0.2, 0.25) is 0 Å². The molecule has 2 saturated heterocycles. The zero-order chi connectivity index (χ0) is 35.6. The number of piperazine rings is 1. The van der Waals surface area contributed by atoms with E-state index in [1.807, 2.05) is 56.0 Å². The van der Waals surface area contributed by atoms with Gasteiger partial charge in [-0.2, -0.15) is 0 Å². The molecule has 5 aliphatic rings. The summed E-state index contributed by atoms with van der Waals surface area (Å²) in [4.78, 5) is 44.8. The van der Waals surface area contributed by atoms with Crippen LogP contribution in [0, 0.1) is 0 Å². The third-order valence-corrected chi connectivity index (χ3v) is 12.9. The van der Waals surface area contributed by atoms with E-state index in [-0.39, 0.29) is 41.1 Å². The molecule has 10 nitrogen and oxygen atoms in total. The highest BCUT2D eigenvalue weighted by Gasteiger charge is 2.49. The van der Waals surface area contributed by atoms with Gasteiger partial charge in [0.25, 0.3) is 11.8 Å². The van der Waals surface area contributed by atoms with Crippen LogP contribution in [0.4, 0.5) is 4.79 Å². The van der Waals surface area contributed by atoms with Gasteiger partial charge in [-0.15, -0.1) is 0 Å². The summed E-state index contributed by atoms with van der Waals surface area (Å²) in [6, 6.07) is 11.9. The van der Waals surface area contributed by atoms with Crippen LogP contribution in [0.5, 0.6) is 5.75 Å². The largest absolute Gasteiger partial charge is 0.497 e. The Kier molecular flexibility index (Phi) is 8.75. The van der Waals surface area contributed by atoms with Gasteiger partial charge in [0.05, 0.1) is 37.3 Å². The van der Waals surface area contributed by atoms with Crippen molar-refractivity contribution in [2.75, 3.05) is 26.1 Å². The smallest absolute Gasteiger partial charge is 0.410 e. The van der Waals surface area contributed by atoms with Gasteiger partial charge in [0.1, 0.15) is 11.4 Å². The van der Waals surface area contributed by atoms with Crippen molar-refractivity contribution in [1.29, 1.82) is 0 Å². The van der Waals surface area contributed by atoms with E-state index in [9.17, 15) is 18.6 Å². The molecule has 51 heavy (non-hydrogen) atoms. The molecule has 2 aromatic carbocycles. The Morgan fingerprint density at radius 1 is 0.941 bits per heavy atom. The molecule has 4 fully saturated rings. The van der Waals surface area contributed by atoms with E-state index in [4.69, 9.17) is 9.47 Å². The lowest BCUT2D eigenvalue weighted by Crippen LogP contribution is -2.52. The number of ether oxygens (including phenoxy) is 2. The molecule has 3 unspecified atom stereocenters. The van der Waals surface area contributed by atoms with Crippen molar-refractivity contribution in [2.24, 2.45) is 0 Å². The van der Waals surface area contributed by atoms with Gasteiger partial charge in [0, 0.05) is 56.7 Å². The SMILES string of the molecule is COc1ccc2c(c1)C=C(C(=O)N1CC3CC1CN3C(=O)OC(C)(C)C)Cn1c-2c(C2CCCCC2)c2ccc(C(=O)NCS(=O)C3CC3)cc21. The van der Waals surface area contributed by atoms with Crippen molar-refractivity contribution >= 4 is 45.7 Å². The van der Waals surface area contributed by atoms with E-state index < -0.39 is 16.4 Å². The molecule has 3 amide bonds. The van der Waals surface area contributed by atoms with Gasteiger partial charge in [0.15, 0.2) is 0 Å². The van der Waals surface area contributed by atoms with E-state index >= 15 is 0 Å². The predicted molar refractivity (Wildman–Crippen MR) is 198 cm³/mol. The number of carbonyl (C=O) groups is 3. The van der Waals surface area contributed by atoms with E-state index in [2.05, 4.69) is 22.0 Å². The highest BCUT2D eigenvalue weighted by molar-refractivity contribution is 7.85. The zero-order valence-corrected chi connectivity index (χ0v) is 30.9. The minimum Gasteiger partial charge on any atom is -0.497 e. The molecule has 1 N–H and O–H groups in total. The summed E-state index contributed by atoms with van der Waals surface area (Å²) in [7, 11) is 0.594. The van der Waals surface area contributed by atoms with E-state index in [0.717, 1.165) is 65.6 Å². The van der Waals surface area contributed by atoms with Gasteiger partial charge in [-0.05, 0) is 106 Å².